The van der Waals surface area contributed by atoms with Gasteiger partial charge in [-0.3, -0.25) is 4.79 Å². The lowest BCUT2D eigenvalue weighted by atomic mass is 10.0. The molecular weight excluding hydrogens is 236 g/mol. The lowest BCUT2D eigenvalue weighted by molar-refractivity contribution is -0.138. The van der Waals surface area contributed by atoms with Crippen molar-refractivity contribution >= 4 is 5.91 Å². The molecule has 1 unspecified atom stereocenters. The van der Waals surface area contributed by atoms with Crippen LogP contribution in [0.15, 0.2) is 0 Å². The standard InChI is InChI=1S/C16H30N2O/c1-13(14-9-10-14)16(19)18(12-6-11-17)15-7-4-2-3-5-8-15/h13-15H,2-12,17H2,1H3. The van der Waals surface area contributed by atoms with E-state index in [9.17, 15) is 4.79 Å². The number of nitrogens with zero attached hydrogens (tertiary/aromatic N) is 1. The van der Waals surface area contributed by atoms with Gasteiger partial charge in [0.1, 0.15) is 0 Å². The normalized spacial score (nSPS) is 22.8. The van der Waals surface area contributed by atoms with Gasteiger partial charge in [0, 0.05) is 18.5 Å². The van der Waals surface area contributed by atoms with Crippen LogP contribution in [-0.4, -0.2) is 29.9 Å². The van der Waals surface area contributed by atoms with Crippen LogP contribution in [-0.2, 0) is 4.79 Å². The summed E-state index contributed by atoms with van der Waals surface area (Å²) in [7, 11) is 0. The highest BCUT2D eigenvalue weighted by Gasteiger charge is 2.36. The summed E-state index contributed by atoms with van der Waals surface area (Å²) in [6, 6.07) is 0.489. The molecule has 110 valence electrons. The zero-order valence-corrected chi connectivity index (χ0v) is 12.4. The molecule has 2 aliphatic rings. The van der Waals surface area contributed by atoms with Crippen molar-refractivity contribution in [2.45, 2.75) is 70.8 Å². The maximum absolute atomic E-state index is 12.7. The summed E-state index contributed by atoms with van der Waals surface area (Å²) in [5.74, 6) is 1.31. The van der Waals surface area contributed by atoms with E-state index >= 15 is 0 Å². The average molecular weight is 266 g/mol. The maximum Gasteiger partial charge on any atom is 0.225 e. The Morgan fingerprint density at radius 3 is 2.32 bits per heavy atom. The molecule has 2 fully saturated rings. The first-order valence-electron chi connectivity index (χ1n) is 8.24. The fourth-order valence-corrected chi connectivity index (χ4v) is 3.36. The van der Waals surface area contributed by atoms with Crippen LogP contribution in [0.5, 0.6) is 0 Å². The zero-order chi connectivity index (χ0) is 13.7. The third kappa shape index (κ3) is 4.20. The fraction of sp³-hybridized carbons (Fsp3) is 0.938. The number of amides is 1. The smallest absolute Gasteiger partial charge is 0.225 e. The minimum atomic E-state index is 0.237. The summed E-state index contributed by atoms with van der Waals surface area (Å²) >= 11 is 0. The summed E-state index contributed by atoms with van der Waals surface area (Å²) in [6.07, 6.45) is 11.1. The van der Waals surface area contributed by atoms with Crippen molar-refractivity contribution in [2.75, 3.05) is 13.1 Å². The molecule has 3 heteroatoms. The average Bonchev–Trinajstić information content (AvgIpc) is 3.25. The molecule has 0 aromatic rings. The van der Waals surface area contributed by atoms with E-state index in [0.717, 1.165) is 13.0 Å². The largest absolute Gasteiger partial charge is 0.339 e. The van der Waals surface area contributed by atoms with E-state index in [1.54, 1.807) is 0 Å². The predicted molar refractivity (Wildman–Crippen MR) is 78.8 cm³/mol. The van der Waals surface area contributed by atoms with E-state index in [2.05, 4.69) is 11.8 Å². The van der Waals surface area contributed by atoms with Crippen molar-refractivity contribution in [3.8, 4) is 0 Å². The Balaban J connectivity index is 1.97. The first-order chi connectivity index (χ1) is 9.24. The summed E-state index contributed by atoms with van der Waals surface area (Å²) in [5.41, 5.74) is 5.65. The van der Waals surface area contributed by atoms with Crippen molar-refractivity contribution in [2.24, 2.45) is 17.6 Å². The first-order valence-corrected chi connectivity index (χ1v) is 8.24. The van der Waals surface area contributed by atoms with Crippen molar-refractivity contribution in [3.05, 3.63) is 0 Å². The van der Waals surface area contributed by atoms with E-state index in [0.29, 0.717) is 24.4 Å². The Bertz CT molecular complexity index is 280. The van der Waals surface area contributed by atoms with Gasteiger partial charge in [-0.15, -0.1) is 0 Å². The molecule has 1 amide bonds. The number of hydrogen-bond acceptors (Lipinski definition) is 2. The second-order valence-corrected chi connectivity index (χ2v) is 6.45. The van der Waals surface area contributed by atoms with E-state index < -0.39 is 0 Å². The first kappa shape index (κ1) is 14.8. The van der Waals surface area contributed by atoms with E-state index in [4.69, 9.17) is 5.73 Å². The minimum Gasteiger partial charge on any atom is -0.339 e. The van der Waals surface area contributed by atoms with Gasteiger partial charge in [-0.05, 0) is 44.6 Å². The van der Waals surface area contributed by atoms with E-state index in [-0.39, 0.29) is 5.92 Å². The third-order valence-electron chi connectivity index (χ3n) is 4.87. The monoisotopic (exact) mass is 266 g/mol. The highest BCUT2D eigenvalue weighted by Crippen LogP contribution is 2.38. The molecule has 1 atom stereocenters. The van der Waals surface area contributed by atoms with E-state index in [1.807, 2.05) is 0 Å². The lowest BCUT2D eigenvalue weighted by Crippen LogP contribution is -2.44. The van der Waals surface area contributed by atoms with Gasteiger partial charge >= 0.3 is 0 Å². The molecule has 2 aliphatic carbocycles. The minimum absolute atomic E-state index is 0.237. The molecule has 0 radical (unpaired) electrons. The molecule has 0 aromatic carbocycles. The van der Waals surface area contributed by atoms with Crippen LogP contribution in [0.3, 0.4) is 0 Å². The van der Waals surface area contributed by atoms with Gasteiger partial charge in [0.15, 0.2) is 0 Å². The Morgan fingerprint density at radius 1 is 1.16 bits per heavy atom. The summed E-state index contributed by atoms with van der Waals surface area (Å²) in [6.45, 7) is 3.69. The molecule has 19 heavy (non-hydrogen) atoms. The highest BCUT2D eigenvalue weighted by atomic mass is 16.2. The Labute approximate surface area is 117 Å². The SMILES string of the molecule is CC(C(=O)N(CCCN)C1CCCCCC1)C1CC1. The van der Waals surface area contributed by atoms with Crippen molar-refractivity contribution in [1.82, 2.24) is 4.90 Å². The second kappa shape index (κ2) is 7.28. The Kier molecular flexibility index (Phi) is 5.68. The van der Waals surface area contributed by atoms with Crippen LogP contribution in [0.4, 0.5) is 0 Å². The summed E-state index contributed by atoms with van der Waals surface area (Å²) < 4.78 is 0. The van der Waals surface area contributed by atoms with Gasteiger partial charge in [0.2, 0.25) is 5.91 Å². The topological polar surface area (TPSA) is 46.3 Å². The van der Waals surface area contributed by atoms with E-state index in [1.165, 1.54) is 51.4 Å². The van der Waals surface area contributed by atoms with Crippen molar-refractivity contribution in [1.29, 1.82) is 0 Å². The molecule has 0 spiro atoms. The highest BCUT2D eigenvalue weighted by molar-refractivity contribution is 5.79. The zero-order valence-electron chi connectivity index (χ0n) is 12.4. The van der Waals surface area contributed by atoms with Gasteiger partial charge in [-0.2, -0.15) is 0 Å². The number of hydrogen-bond donors (Lipinski definition) is 1. The molecule has 0 aliphatic heterocycles. The van der Waals surface area contributed by atoms with Crippen LogP contribution in [0.25, 0.3) is 0 Å². The predicted octanol–water partition coefficient (Wildman–Crippen LogP) is 2.93. The van der Waals surface area contributed by atoms with Crippen molar-refractivity contribution < 1.29 is 4.79 Å². The molecule has 0 saturated heterocycles. The molecule has 0 aromatic heterocycles. The molecular formula is C16H30N2O. The number of carbonyl (C=O) groups is 1. The number of nitrogens with two attached hydrogens (primary N) is 1. The van der Waals surface area contributed by atoms with Gasteiger partial charge in [0.05, 0.1) is 0 Å². The molecule has 2 N–H and O–H groups in total. The Hall–Kier alpha value is -0.570. The number of carbonyl (C=O) groups excluding carboxylic acids is 1. The van der Waals surface area contributed by atoms with Crippen LogP contribution >= 0.6 is 0 Å². The van der Waals surface area contributed by atoms with Crippen molar-refractivity contribution in [3.63, 3.8) is 0 Å². The van der Waals surface area contributed by atoms with Gasteiger partial charge in [0.25, 0.3) is 0 Å². The van der Waals surface area contributed by atoms with Gasteiger partial charge in [-0.25, -0.2) is 0 Å². The van der Waals surface area contributed by atoms with Crippen LogP contribution in [0, 0.1) is 11.8 Å². The van der Waals surface area contributed by atoms with Crippen LogP contribution in [0.1, 0.15) is 64.7 Å². The molecule has 0 heterocycles. The van der Waals surface area contributed by atoms with Crippen LogP contribution in [0.2, 0.25) is 0 Å². The summed E-state index contributed by atoms with van der Waals surface area (Å²) in [4.78, 5) is 14.9. The summed E-state index contributed by atoms with van der Waals surface area (Å²) in [5, 5.41) is 0. The fourth-order valence-electron chi connectivity index (χ4n) is 3.36. The Morgan fingerprint density at radius 2 is 1.79 bits per heavy atom. The molecule has 3 nitrogen and oxygen atoms in total. The molecule has 2 rings (SSSR count). The van der Waals surface area contributed by atoms with Gasteiger partial charge in [-0.1, -0.05) is 32.6 Å². The molecule has 0 bridgehead atoms. The third-order valence-corrected chi connectivity index (χ3v) is 4.87. The van der Waals surface area contributed by atoms with Crippen LogP contribution < -0.4 is 5.73 Å². The second-order valence-electron chi connectivity index (χ2n) is 6.45. The maximum atomic E-state index is 12.7. The lowest BCUT2D eigenvalue weighted by Gasteiger charge is -2.33. The van der Waals surface area contributed by atoms with Gasteiger partial charge < -0.3 is 10.6 Å². The quantitative estimate of drug-likeness (QED) is 0.751. The number of rotatable bonds is 6. The molecule has 2 saturated carbocycles.